The van der Waals surface area contributed by atoms with Crippen molar-refractivity contribution in [3.63, 3.8) is 0 Å². The fraction of sp³-hybridized carbons (Fsp3) is 0.0500. The topological polar surface area (TPSA) is 87.1 Å². The van der Waals surface area contributed by atoms with E-state index in [9.17, 15) is 4.79 Å². The maximum absolute atomic E-state index is 11.8. The molecular formula is C20H16N4O2. The molecule has 0 unspecified atom stereocenters. The molecule has 1 aromatic carbocycles. The Morgan fingerprint density at radius 2 is 1.81 bits per heavy atom. The lowest BCUT2D eigenvalue weighted by Gasteiger charge is -2.09. The maximum atomic E-state index is 11.8. The van der Waals surface area contributed by atoms with Gasteiger partial charge in [-0.05, 0) is 35.9 Å². The fourth-order valence-corrected chi connectivity index (χ4v) is 2.38. The molecule has 0 aliphatic rings. The zero-order valence-corrected chi connectivity index (χ0v) is 14.0. The first-order chi connectivity index (χ1) is 12.7. The maximum Gasteiger partial charge on any atom is 0.278 e. The minimum absolute atomic E-state index is 0.257. The van der Waals surface area contributed by atoms with Crippen LogP contribution >= 0.6 is 0 Å². The summed E-state index contributed by atoms with van der Waals surface area (Å²) in [5, 5.41) is 11.7. The van der Waals surface area contributed by atoms with Crippen LogP contribution in [-0.2, 0) is 0 Å². The lowest BCUT2D eigenvalue weighted by molar-refractivity contribution is 0.0707. The van der Waals surface area contributed by atoms with E-state index in [4.69, 9.17) is 5.21 Å². The number of carbonyl (C=O) groups is 1. The highest BCUT2D eigenvalue weighted by Gasteiger charge is 2.13. The summed E-state index contributed by atoms with van der Waals surface area (Å²) in [5.41, 5.74) is 5.25. The predicted molar refractivity (Wildman–Crippen MR) is 98.7 cm³/mol. The van der Waals surface area contributed by atoms with Gasteiger partial charge in [-0.15, -0.1) is 0 Å². The number of anilines is 1. The number of nitrogens with zero attached hydrogens (tertiary/aromatic N) is 2. The molecule has 0 aliphatic heterocycles. The number of hydrogen-bond acceptors (Lipinski definition) is 5. The van der Waals surface area contributed by atoms with Crippen LogP contribution in [-0.4, -0.2) is 28.1 Å². The summed E-state index contributed by atoms with van der Waals surface area (Å²) >= 11 is 0. The van der Waals surface area contributed by atoms with Crippen LogP contribution in [0, 0.1) is 11.8 Å². The van der Waals surface area contributed by atoms with Gasteiger partial charge in [0.05, 0.1) is 5.56 Å². The highest BCUT2D eigenvalue weighted by Crippen LogP contribution is 2.23. The standard InChI is InChI=1S/C20H16N4O2/c1-21-19-18(20(25)24-26)11-17(13-23-19)16-8-6-14(7-9-16)4-5-15-3-2-10-22-12-15/h2-3,6-13,26H,1H3,(H,21,23)(H,24,25). The zero-order chi connectivity index (χ0) is 18.4. The summed E-state index contributed by atoms with van der Waals surface area (Å²) in [6.45, 7) is 0. The molecule has 0 fully saturated rings. The van der Waals surface area contributed by atoms with E-state index in [-0.39, 0.29) is 5.56 Å². The second-order valence-corrected chi connectivity index (χ2v) is 5.38. The average Bonchev–Trinajstić information content (AvgIpc) is 2.72. The normalized spacial score (nSPS) is 9.77. The van der Waals surface area contributed by atoms with E-state index in [1.165, 1.54) is 0 Å². The monoisotopic (exact) mass is 344 g/mol. The van der Waals surface area contributed by atoms with Crippen LogP contribution in [0.15, 0.2) is 61.1 Å². The van der Waals surface area contributed by atoms with Gasteiger partial charge in [-0.25, -0.2) is 10.5 Å². The molecule has 26 heavy (non-hydrogen) atoms. The highest BCUT2D eigenvalue weighted by atomic mass is 16.5. The molecule has 0 saturated heterocycles. The van der Waals surface area contributed by atoms with Crippen molar-refractivity contribution in [2.24, 2.45) is 0 Å². The van der Waals surface area contributed by atoms with Gasteiger partial charge >= 0.3 is 0 Å². The van der Waals surface area contributed by atoms with Gasteiger partial charge in [-0.3, -0.25) is 15.0 Å². The first-order valence-electron chi connectivity index (χ1n) is 7.86. The lowest BCUT2D eigenvalue weighted by Crippen LogP contribution is -2.20. The van der Waals surface area contributed by atoms with Crippen LogP contribution < -0.4 is 10.8 Å². The minimum atomic E-state index is -0.623. The van der Waals surface area contributed by atoms with Crippen LogP contribution in [0.3, 0.4) is 0 Å². The Balaban J connectivity index is 1.87. The Morgan fingerprint density at radius 3 is 2.46 bits per heavy atom. The number of hydroxylamine groups is 1. The van der Waals surface area contributed by atoms with Gasteiger partial charge in [0.1, 0.15) is 5.82 Å². The van der Waals surface area contributed by atoms with E-state index >= 15 is 0 Å². The van der Waals surface area contributed by atoms with Crippen LogP contribution in [0.2, 0.25) is 0 Å². The molecule has 1 amide bonds. The Hall–Kier alpha value is -3.69. The van der Waals surface area contributed by atoms with Gasteiger partial charge in [0.25, 0.3) is 5.91 Å². The van der Waals surface area contributed by atoms with Gasteiger partial charge in [0.2, 0.25) is 0 Å². The van der Waals surface area contributed by atoms with Crippen molar-refractivity contribution in [2.75, 3.05) is 12.4 Å². The molecule has 3 rings (SSSR count). The summed E-state index contributed by atoms with van der Waals surface area (Å²) in [7, 11) is 1.66. The number of benzene rings is 1. The third-order valence-electron chi connectivity index (χ3n) is 3.70. The smallest absolute Gasteiger partial charge is 0.278 e. The minimum Gasteiger partial charge on any atom is -0.372 e. The third-order valence-corrected chi connectivity index (χ3v) is 3.70. The number of pyridine rings is 2. The molecule has 3 N–H and O–H groups in total. The largest absolute Gasteiger partial charge is 0.372 e. The molecule has 6 nitrogen and oxygen atoms in total. The average molecular weight is 344 g/mol. The zero-order valence-electron chi connectivity index (χ0n) is 14.0. The molecule has 0 atom stereocenters. The quantitative estimate of drug-likeness (QED) is 0.386. The van der Waals surface area contributed by atoms with E-state index < -0.39 is 5.91 Å². The first kappa shape index (κ1) is 17.1. The summed E-state index contributed by atoms with van der Waals surface area (Å²) in [6, 6.07) is 13.0. The van der Waals surface area contributed by atoms with Crippen molar-refractivity contribution in [1.29, 1.82) is 0 Å². The second kappa shape index (κ2) is 7.92. The van der Waals surface area contributed by atoms with Gasteiger partial charge in [-0.2, -0.15) is 0 Å². The Labute approximate surface area is 150 Å². The summed E-state index contributed by atoms with van der Waals surface area (Å²) < 4.78 is 0. The summed E-state index contributed by atoms with van der Waals surface area (Å²) in [6.07, 6.45) is 5.08. The van der Waals surface area contributed by atoms with E-state index in [0.717, 1.165) is 22.3 Å². The number of hydrogen-bond donors (Lipinski definition) is 3. The van der Waals surface area contributed by atoms with Crippen LogP contribution in [0.25, 0.3) is 11.1 Å². The van der Waals surface area contributed by atoms with E-state index in [2.05, 4.69) is 27.1 Å². The molecule has 0 aliphatic carbocycles. The van der Waals surface area contributed by atoms with Gasteiger partial charge < -0.3 is 5.32 Å². The Bertz CT molecular complexity index is 974. The molecular weight excluding hydrogens is 328 g/mol. The number of rotatable bonds is 3. The summed E-state index contributed by atoms with van der Waals surface area (Å²) in [4.78, 5) is 20.0. The highest BCUT2D eigenvalue weighted by molar-refractivity contribution is 5.99. The van der Waals surface area contributed by atoms with E-state index in [1.54, 1.807) is 37.2 Å². The van der Waals surface area contributed by atoms with Crippen molar-refractivity contribution in [3.8, 4) is 23.0 Å². The SMILES string of the molecule is CNc1ncc(-c2ccc(C#Cc3cccnc3)cc2)cc1C(=O)NO. The van der Waals surface area contributed by atoms with Gasteiger partial charge in [-0.1, -0.05) is 24.0 Å². The molecule has 6 heteroatoms. The number of carbonyl (C=O) groups excluding carboxylic acids is 1. The van der Waals surface area contributed by atoms with E-state index in [0.29, 0.717) is 5.82 Å². The fourth-order valence-electron chi connectivity index (χ4n) is 2.38. The van der Waals surface area contributed by atoms with Gasteiger partial charge in [0, 0.05) is 42.3 Å². The third kappa shape index (κ3) is 3.86. The molecule has 0 saturated carbocycles. The number of amides is 1. The number of nitrogens with one attached hydrogen (secondary N) is 2. The molecule has 3 aromatic rings. The molecule has 2 aromatic heterocycles. The molecule has 2 heterocycles. The first-order valence-corrected chi connectivity index (χ1v) is 7.86. The molecule has 0 bridgehead atoms. The van der Waals surface area contributed by atoms with E-state index in [1.807, 2.05) is 36.4 Å². The van der Waals surface area contributed by atoms with Crippen molar-refractivity contribution < 1.29 is 10.0 Å². The second-order valence-electron chi connectivity index (χ2n) is 5.38. The predicted octanol–water partition coefficient (Wildman–Crippen LogP) is 2.70. The Morgan fingerprint density at radius 1 is 1.04 bits per heavy atom. The van der Waals surface area contributed by atoms with Crippen LogP contribution in [0.4, 0.5) is 5.82 Å². The van der Waals surface area contributed by atoms with Crippen molar-refractivity contribution >= 4 is 11.7 Å². The lowest BCUT2D eigenvalue weighted by atomic mass is 10.0. The number of aromatic nitrogens is 2. The van der Waals surface area contributed by atoms with Crippen LogP contribution in [0.5, 0.6) is 0 Å². The van der Waals surface area contributed by atoms with Crippen molar-refractivity contribution in [3.05, 3.63) is 77.7 Å². The van der Waals surface area contributed by atoms with Crippen molar-refractivity contribution in [2.45, 2.75) is 0 Å². The molecule has 0 radical (unpaired) electrons. The van der Waals surface area contributed by atoms with Gasteiger partial charge in [0.15, 0.2) is 0 Å². The molecule has 128 valence electrons. The Kier molecular flexibility index (Phi) is 5.22. The molecule has 0 spiro atoms. The van der Waals surface area contributed by atoms with Crippen LogP contribution in [0.1, 0.15) is 21.5 Å². The van der Waals surface area contributed by atoms with Crippen molar-refractivity contribution in [1.82, 2.24) is 15.4 Å². The summed E-state index contributed by atoms with van der Waals surface area (Å²) in [5.74, 6) is 5.90.